The summed E-state index contributed by atoms with van der Waals surface area (Å²) in [7, 11) is 5.51. The van der Waals surface area contributed by atoms with E-state index in [-0.39, 0.29) is 31.5 Å². The largest absolute Gasteiger partial charge is 0.466 e. The minimum absolute atomic E-state index is 0.0614. The quantitative estimate of drug-likeness (QED) is 0.0672. The first-order valence-electron chi connectivity index (χ1n) is 20.5. The molecule has 0 amide bonds. The first-order valence-corrected chi connectivity index (χ1v) is 20.5. The molecule has 0 aromatic carbocycles. The van der Waals surface area contributed by atoms with E-state index in [1.165, 1.54) is 54.4 Å². The molecule has 0 N–H and O–H groups in total. The summed E-state index contributed by atoms with van der Waals surface area (Å²) in [5.41, 5.74) is -0.854. The molecule has 16 heteroatoms. The highest BCUT2D eigenvalue weighted by molar-refractivity contribution is 5.83. The fraction of sp³-hybridized carbons (Fsp3) is 0.750. The Morgan fingerprint density at radius 2 is 1.45 bits per heavy atom. The van der Waals surface area contributed by atoms with Crippen molar-refractivity contribution in [2.24, 2.45) is 10.8 Å². The minimum Gasteiger partial charge on any atom is -0.466 e. The van der Waals surface area contributed by atoms with Gasteiger partial charge in [-0.3, -0.25) is 9.59 Å². The number of ether oxygens (including phenoxy) is 11. The number of hydrogen-bond acceptors (Lipinski definition) is 16. The third-order valence-electron chi connectivity index (χ3n) is 12.1. The monoisotopic (exact) mass is 850 g/mol. The Hall–Kier alpha value is -3.51. The van der Waals surface area contributed by atoms with Crippen molar-refractivity contribution in [3.8, 4) is 0 Å². The van der Waals surface area contributed by atoms with Crippen molar-refractivity contribution in [3.05, 3.63) is 35.5 Å². The highest BCUT2D eigenvalue weighted by Gasteiger charge is 2.61. The Morgan fingerprint density at radius 3 is 2.00 bits per heavy atom. The second-order valence-electron chi connectivity index (χ2n) is 17.6. The van der Waals surface area contributed by atoms with Crippen molar-refractivity contribution in [2.45, 2.75) is 173 Å². The third-order valence-corrected chi connectivity index (χ3v) is 12.1. The van der Waals surface area contributed by atoms with Gasteiger partial charge in [-0.25, -0.2) is 9.59 Å². The number of carbonyl (C=O) groups is 5. The zero-order valence-corrected chi connectivity index (χ0v) is 37.5. The lowest BCUT2D eigenvalue weighted by atomic mass is 9.70. The molecule has 0 saturated carbocycles. The summed E-state index contributed by atoms with van der Waals surface area (Å²) in [6.45, 7) is 15.7. The van der Waals surface area contributed by atoms with Gasteiger partial charge in [0.25, 0.3) is 0 Å². The van der Waals surface area contributed by atoms with Gasteiger partial charge in [-0.05, 0) is 45.6 Å². The van der Waals surface area contributed by atoms with Crippen LogP contribution < -0.4 is 0 Å². The summed E-state index contributed by atoms with van der Waals surface area (Å²) in [6.07, 6.45) is 4.00. The van der Waals surface area contributed by atoms with Gasteiger partial charge in [0.2, 0.25) is 5.79 Å². The third kappa shape index (κ3) is 11.1. The van der Waals surface area contributed by atoms with Crippen molar-refractivity contribution in [1.82, 2.24) is 0 Å². The summed E-state index contributed by atoms with van der Waals surface area (Å²) in [5.74, 6) is -6.16. The maximum Gasteiger partial charge on any atom is 0.330 e. The lowest BCUT2D eigenvalue weighted by molar-refractivity contribution is -0.355. The van der Waals surface area contributed by atoms with Gasteiger partial charge in [-0.15, -0.1) is 0 Å². The van der Waals surface area contributed by atoms with Crippen LogP contribution in [0.3, 0.4) is 0 Å². The molecule has 0 unspecified atom stereocenters. The molecule has 0 radical (unpaired) electrons. The average Bonchev–Trinajstić information content (AvgIpc) is 3.42. The first kappa shape index (κ1) is 49.1. The number of aldehydes is 1. The number of hydrogen-bond donors (Lipinski definition) is 0. The number of rotatable bonds is 15. The van der Waals surface area contributed by atoms with E-state index in [4.69, 9.17) is 52.1 Å². The summed E-state index contributed by atoms with van der Waals surface area (Å²) in [6, 6.07) is 0. The smallest absolute Gasteiger partial charge is 0.330 e. The molecule has 0 aromatic rings. The minimum atomic E-state index is -1.70. The Kier molecular flexibility index (Phi) is 16.1. The van der Waals surface area contributed by atoms with Crippen LogP contribution in [0.15, 0.2) is 35.5 Å². The van der Waals surface area contributed by atoms with E-state index in [0.717, 1.165) is 11.9 Å². The van der Waals surface area contributed by atoms with Crippen LogP contribution in [0.4, 0.5) is 0 Å². The Morgan fingerprint density at radius 1 is 0.800 bits per heavy atom. The molecule has 0 aliphatic carbocycles. The predicted octanol–water partition coefficient (Wildman–Crippen LogP) is 5.38. The fourth-order valence-corrected chi connectivity index (χ4v) is 9.10. The van der Waals surface area contributed by atoms with Gasteiger partial charge < -0.3 is 56.9 Å². The average molecular weight is 851 g/mol. The van der Waals surface area contributed by atoms with Crippen LogP contribution >= 0.6 is 0 Å². The van der Waals surface area contributed by atoms with E-state index in [9.17, 15) is 24.0 Å². The van der Waals surface area contributed by atoms with Crippen molar-refractivity contribution >= 4 is 30.2 Å². The van der Waals surface area contributed by atoms with Gasteiger partial charge >= 0.3 is 23.9 Å². The van der Waals surface area contributed by atoms with Crippen LogP contribution in [0.2, 0.25) is 0 Å². The number of esters is 4. The van der Waals surface area contributed by atoms with E-state index < -0.39 is 88.7 Å². The molecule has 0 aromatic heterocycles. The summed E-state index contributed by atoms with van der Waals surface area (Å²) in [5, 5.41) is 0. The van der Waals surface area contributed by atoms with Crippen molar-refractivity contribution in [1.29, 1.82) is 0 Å². The molecule has 0 bridgehead atoms. The first-order chi connectivity index (χ1) is 28.0. The zero-order chi connectivity index (χ0) is 44.8. The molecule has 0 spiro atoms. The van der Waals surface area contributed by atoms with Crippen molar-refractivity contribution in [2.75, 3.05) is 28.4 Å². The summed E-state index contributed by atoms with van der Waals surface area (Å²) >= 11 is 0. The zero-order valence-electron chi connectivity index (χ0n) is 37.5. The highest BCUT2D eigenvalue weighted by Crippen LogP contribution is 2.52. The Balaban J connectivity index is 1.75. The van der Waals surface area contributed by atoms with E-state index in [1.807, 2.05) is 60.6 Å². The molecular weight excluding hydrogens is 784 g/mol. The maximum atomic E-state index is 12.8. The van der Waals surface area contributed by atoms with Gasteiger partial charge in [0.15, 0.2) is 17.7 Å². The topological polar surface area (TPSA) is 187 Å². The molecule has 10 atom stereocenters. The van der Waals surface area contributed by atoms with Crippen LogP contribution in [0.25, 0.3) is 0 Å². The lowest BCUT2D eigenvalue weighted by Gasteiger charge is -2.55. The van der Waals surface area contributed by atoms with Gasteiger partial charge in [0, 0.05) is 71.3 Å². The van der Waals surface area contributed by atoms with Gasteiger partial charge in [-0.1, -0.05) is 45.4 Å². The predicted molar refractivity (Wildman–Crippen MR) is 214 cm³/mol. The molecule has 60 heavy (non-hydrogen) atoms. The Labute approximate surface area is 353 Å². The van der Waals surface area contributed by atoms with Crippen LogP contribution in [-0.2, 0) is 76.1 Å². The second-order valence-corrected chi connectivity index (χ2v) is 17.6. The van der Waals surface area contributed by atoms with Crippen molar-refractivity contribution < 1.29 is 76.1 Å². The molecular formula is C44H66O16. The molecule has 4 aliphatic heterocycles. The SMILES string of the molecule is COC(=O)/C=C1/C[C@@H](C[C@]2(OC)O[C@H](CC=O)C[C@H](OC(C)=O)C2(C)C)O[C@@H](/C=C/C(C)(C)[C@]2(OC)O[C@H](C[C@H]3OC(C)(C)O[C@@H]3C)C/C(=C\C(=O)OC)[C@@H]2OC(C)=O)C1. The molecule has 338 valence electrons. The lowest BCUT2D eigenvalue weighted by Crippen LogP contribution is -2.63. The highest BCUT2D eigenvalue weighted by atomic mass is 16.8. The molecule has 4 aliphatic rings. The van der Waals surface area contributed by atoms with E-state index in [1.54, 1.807) is 0 Å². The van der Waals surface area contributed by atoms with Crippen LogP contribution in [0.1, 0.15) is 107 Å². The Bertz CT molecular complexity index is 1660. The molecule has 4 fully saturated rings. The molecule has 16 nitrogen and oxygen atoms in total. The van der Waals surface area contributed by atoms with Crippen LogP contribution in [0, 0.1) is 10.8 Å². The van der Waals surface area contributed by atoms with Gasteiger partial charge in [0.05, 0.1) is 56.3 Å². The van der Waals surface area contributed by atoms with Gasteiger partial charge in [0.1, 0.15) is 12.4 Å². The molecule has 4 heterocycles. The number of methoxy groups -OCH3 is 4. The van der Waals surface area contributed by atoms with Crippen LogP contribution in [-0.4, -0.2) is 125 Å². The normalized spacial score (nSPS) is 35.5. The summed E-state index contributed by atoms with van der Waals surface area (Å²) in [4.78, 5) is 62.1. The van der Waals surface area contributed by atoms with Crippen molar-refractivity contribution in [3.63, 3.8) is 0 Å². The van der Waals surface area contributed by atoms with E-state index in [2.05, 4.69) is 0 Å². The molecule has 4 rings (SSSR count). The summed E-state index contributed by atoms with van der Waals surface area (Å²) < 4.78 is 66.7. The van der Waals surface area contributed by atoms with E-state index in [0.29, 0.717) is 31.3 Å². The second kappa shape index (κ2) is 19.7. The maximum absolute atomic E-state index is 12.8. The van der Waals surface area contributed by atoms with Crippen LogP contribution in [0.5, 0.6) is 0 Å². The molecule has 4 saturated heterocycles. The number of carbonyl (C=O) groups excluding carboxylic acids is 5. The fourth-order valence-electron chi connectivity index (χ4n) is 9.10. The standard InChI is InChI=1S/C44H66O16/c1-26-35(60-42(8,9)57-26)23-33-21-30(22-38(49)51-11)39(55-28(3)47)44(53-13,59-33)40(4,5)16-14-31-18-29(20-37(48)50-10)19-34(56-31)25-43(52-12)41(6,7)36(54-27(2)46)24-32(58-43)15-17-45/h14,16-17,20,22,26,31-36,39H,15,18-19,21,23-25H2,1-13H3/b16-14+,29-20+,30-22+/t26-,31+,32-,33+,34+,35-,36+,39+,43+,44-/m1/s1. The van der Waals surface area contributed by atoms with E-state index >= 15 is 0 Å². The van der Waals surface area contributed by atoms with Gasteiger partial charge in [-0.2, -0.15) is 0 Å².